The van der Waals surface area contributed by atoms with Crippen molar-refractivity contribution in [1.82, 2.24) is 25.1 Å². The van der Waals surface area contributed by atoms with E-state index in [4.69, 9.17) is 4.74 Å². The van der Waals surface area contributed by atoms with E-state index < -0.39 is 11.9 Å². The first-order valence-electron chi connectivity index (χ1n) is 12.9. The number of rotatable bonds is 5. The quantitative estimate of drug-likeness (QED) is 0.643. The number of likely N-dealkylation sites (tertiary alicyclic amines) is 1. The van der Waals surface area contributed by atoms with Gasteiger partial charge in [-0.05, 0) is 61.9 Å². The molecule has 36 heavy (non-hydrogen) atoms. The summed E-state index contributed by atoms with van der Waals surface area (Å²) >= 11 is 0. The number of imide groups is 1. The average molecular weight is 490 g/mol. The topological polar surface area (TPSA) is 105 Å². The molecule has 1 N–H and O–H groups in total. The van der Waals surface area contributed by atoms with Gasteiger partial charge in [-0.25, -0.2) is 9.97 Å². The molecule has 1 aliphatic carbocycles. The van der Waals surface area contributed by atoms with Gasteiger partial charge in [-0.15, -0.1) is 0 Å². The van der Waals surface area contributed by atoms with Crippen molar-refractivity contribution in [3.05, 3.63) is 53.1 Å². The number of carbonyl (C=O) groups is 3. The highest BCUT2D eigenvalue weighted by Gasteiger charge is 2.41. The van der Waals surface area contributed by atoms with E-state index in [9.17, 15) is 14.4 Å². The van der Waals surface area contributed by atoms with Crippen LogP contribution in [0.1, 0.15) is 71.8 Å². The van der Waals surface area contributed by atoms with E-state index in [2.05, 4.69) is 20.2 Å². The minimum atomic E-state index is -0.605. The van der Waals surface area contributed by atoms with Crippen LogP contribution in [-0.2, 0) is 16.1 Å². The summed E-state index contributed by atoms with van der Waals surface area (Å²) in [5.41, 5.74) is 2.55. The number of fused-ring (bicyclic) bond motifs is 1. The molecule has 4 aliphatic rings. The van der Waals surface area contributed by atoms with E-state index in [-0.39, 0.29) is 24.3 Å². The van der Waals surface area contributed by atoms with Crippen molar-refractivity contribution in [2.75, 3.05) is 13.1 Å². The van der Waals surface area contributed by atoms with Gasteiger partial charge in [0.05, 0.1) is 0 Å². The van der Waals surface area contributed by atoms with E-state index in [1.165, 1.54) is 6.42 Å². The highest BCUT2D eigenvalue weighted by Crippen LogP contribution is 2.36. The van der Waals surface area contributed by atoms with E-state index in [1.807, 2.05) is 37.5 Å². The maximum absolute atomic E-state index is 13.0. The van der Waals surface area contributed by atoms with Gasteiger partial charge in [-0.3, -0.25) is 24.6 Å². The average Bonchev–Trinajstić information content (AvgIpc) is 3.16. The molecule has 9 heteroatoms. The standard InChI is InChI=1S/C27H31N5O4/c1-16-11-28-25(29-12-16)18-13-31(14-18)21-4-2-3-5-23(21)36-19-6-7-20-17(10-19)15-32(27(20)35)22-8-9-24(33)30-26(22)34/h6-7,10-12,18,21-23H,2-5,8-9,13-15H2,1H3,(H,30,33,34)/t21?,22?,23-/m0/s1. The molecule has 2 aromatic rings. The van der Waals surface area contributed by atoms with Crippen LogP contribution in [0.3, 0.4) is 0 Å². The van der Waals surface area contributed by atoms with Gasteiger partial charge in [0.25, 0.3) is 5.91 Å². The van der Waals surface area contributed by atoms with Crippen molar-refractivity contribution in [2.24, 2.45) is 0 Å². The minimum Gasteiger partial charge on any atom is -0.489 e. The Balaban J connectivity index is 1.11. The van der Waals surface area contributed by atoms with Gasteiger partial charge in [0, 0.05) is 56.0 Å². The number of nitrogens with zero attached hydrogens (tertiary/aromatic N) is 4. The number of hydrogen-bond donors (Lipinski definition) is 1. The fraction of sp³-hybridized carbons (Fsp3) is 0.519. The first-order valence-corrected chi connectivity index (χ1v) is 12.9. The zero-order valence-electron chi connectivity index (χ0n) is 20.5. The van der Waals surface area contributed by atoms with Gasteiger partial charge >= 0.3 is 0 Å². The predicted molar refractivity (Wildman–Crippen MR) is 130 cm³/mol. The molecule has 1 saturated carbocycles. The Kier molecular flexibility index (Phi) is 5.95. The predicted octanol–water partition coefficient (Wildman–Crippen LogP) is 2.34. The number of aromatic nitrogens is 2. The Bertz CT molecular complexity index is 1190. The molecule has 4 heterocycles. The Morgan fingerprint density at radius 1 is 1.03 bits per heavy atom. The van der Waals surface area contributed by atoms with Gasteiger partial charge in [0.1, 0.15) is 23.7 Å². The first-order chi connectivity index (χ1) is 17.5. The summed E-state index contributed by atoms with van der Waals surface area (Å²) in [6.45, 7) is 4.26. The Morgan fingerprint density at radius 3 is 2.58 bits per heavy atom. The van der Waals surface area contributed by atoms with E-state index in [0.29, 0.717) is 30.5 Å². The first kappa shape index (κ1) is 23.1. The van der Waals surface area contributed by atoms with Crippen LogP contribution in [0, 0.1) is 6.92 Å². The molecule has 2 saturated heterocycles. The summed E-state index contributed by atoms with van der Waals surface area (Å²) in [6, 6.07) is 5.38. The lowest BCUT2D eigenvalue weighted by Crippen LogP contribution is -2.57. The number of piperidine rings is 1. The minimum absolute atomic E-state index is 0.0972. The normalized spacial score (nSPS) is 27.0. The van der Waals surface area contributed by atoms with Crippen LogP contribution in [0.4, 0.5) is 0 Å². The molecular weight excluding hydrogens is 458 g/mol. The Morgan fingerprint density at radius 2 is 1.81 bits per heavy atom. The molecule has 6 rings (SSSR count). The zero-order valence-corrected chi connectivity index (χ0v) is 20.5. The van der Waals surface area contributed by atoms with Crippen molar-refractivity contribution in [2.45, 2.75) is 76.1 Å². The van der Waals surface area contributed by atoms with Crippen LogP contribution in [0.5, 0.6) is 5.75 Å². The highest BCUT2D eigenvalue weighted by atomic mass is 16.5. The van der Waals surface area contributed by atoms with Gasteiger partial charge in [0.2, 0.25) is 11.8 Å². The molecule has 3 aliphatic heterocycles. The molecule has 2 unspecified atom stereocenters. The van der Waals surface area contributed by atoms with Crippen molar-refractivity contribution in [3.63, 3.8) is 0 Å². The van der Waals surface area contributed by atoms with Crippen LogP contribution >= 0.6 is 0 Å². The highest BCUT2D eigenvalue weighted by molar-refractivity contribution is 6.05. The largest absolute Gasteiger partial charge is 0.489 e. The Hall–Kier alpha value is -3.33. The molecule has 3 fully saturated rings. The fourth-order valence-electron chi connectivity index (χ4n) is 5.99. The van der Waals surface area contributed by atoms with Crippen molar-refractivity contribution < 1.29 is 19.1 Å². The molecule has 0 bridgehead atoms. The smallest absolute Gasteiger partial charge is 0.255 e. The van der Waals surface area contributed by atoms with Crippen LogP contribution in [0.25, 0.3) is 0 Å². The van der Waals surface area contributed by atoms with E-state index >= 15 is 0 Å². The second-order valence-electron chi connectivity index (χ2n) is 10.5. The number of aryl methyl sites for hydroxylation is 1. The van der Waals surface area contributed by atoms with Crippen LogP contribution in [-0.4, -0.2) is 68.8 Å². The summed E-state index contributed by atoms with van der Waals surface area (Å²) in [6.07, 6.45) is 8.95. The molecule has 3 atom stereocenters. The van der Waals surface area contributed by atoms with Gasteiger partial charge in [0.15, 0.2) is 0 Å². The van der Waals surface area contributed by atoms with Crippen molar-refractivity contribution in [1.29, 1.82) is 0 Å². The molecular formula is C27H31N5O4. The second-order valence-corrected chi connectivity index (χ2v) is 10.5. The molecule has 9 nitrogen and oxygen atoms in total. The van der Waals surface area contributed by atoms with Crippen LogP contribution in [0.2, 0.25) is 0 Å². The third-order valence-electron chi connectivity index (χ3n) is 8.00. The number of amides is 3. The monoisotopic (exact) mass is 489 g/mol. The number of hydrogen-bond acceptors (Lipinski definition) is 7. The Labute approximate surface area is 210 Å². The SMILES string of the molecule is Cc1cnc(C2CN(C3CCCC[C@@H]3Oc3ccc4c(c3)CN(C3CCC(=O)NC3=O)C4=O)C2)nc1. The van der Waals surface area contributed by atoms with Gasteiger partial charge in [-0.2, -0.15) is 0 Å². The maximum atomic E-state index is 13.0. The summed E-state index contributed by atoms with van der Waals surface area (Å²) in [5, 5.41) is 2.35. The van der Waals surface area contributed by atoms with E-state index in [1.54, 1.807) is 4.90 Å². The third kappa shape index (κ3) is 4.25. The summed E-state index contributed by atoms with van der Waals surface area (Å²) in [5.74, 6) is 1.23. The number of carbonyl (C=O) groups excluding carboxylic acids is 3. The zero-order chi connectivity index (χ0) is 24.8. The lowest BCUT2D eigenvalue weighted by atomic mass is 9.86. The summed E-state index contributed by atoms with van der Waals surface area (Å²) in [4.78, 5) is 49.9. The van der Waals surface area contributed by atoms with Crippen LogP contribution in [0.15, 0.2) is 30.6 Å². The number of ether oxygens (including phenoxy) is 1. The van der Waals surface area contributed by atoms with Crippen molar-refractivity contribution >= 4 is 17.7 Å². The molecule has 1 aromatic heterocycles. The van der Waals surface area contributed by atoms with Gasteiger partial charge in [-0.1, -0.05) is 6.42 Å². The summed E-state index contributed by atoms with van der Waals surface area (Å²) in [7, 11) is 0. The molecule has 188 valence electrons. The molecule has 0 spiro atoms. The molecule has 0 radical (unpaired) electrons. The number of nitrogens with one attached hydrogen (secondary N) is 1. The third-order valence-corrected chi connectivity index (χ3v) is 8.00. The second kappa shape index (κ2) is 9.28. The van der Waals surface area contributed by atoms with Gasteiger partial charge < -0.3 is 9.64 Å². The van der Waals surface area contributed by atoms with Crippen molar-refractivity contribution in [3.8, 4) is 5.75 Å². The fourth-order valence-corrected chi connectivity index (χ4v) is 5.99. The maximum Gasteiger partial charge on any atom is 0.255 e. The molecule has 1 aromatic carbocycles. The van der Waals surface area contributed by atoms with Crippen LogP contribution < -0.4 is 10.1 Å². The number of benzene rings is 1. The molecule has 3 amide bonds. The van der Waals surface area contributed by atoms with E-state index in [0.717, 1.165) is 55.1 Å². The lowest BCUT2D eigenvalue weighted by Gasteiger charge is -2.47. The summed E-state index contributed by atoms with van der Waals surface area (Å²) < 4.78 is 6.53. The lowest BCUT2D eigenvalue weighted by molar-refractivity contribution is -0.136.